The maximum absolute atomic E-state index is 11.7. The van der Waals surface area contributed by atoms with Gasteiger partial charge in [0.15, 0.2) is 0 Å². The first kappa shape index (κ1) is 14.6. The van der Waals surface area contributed by atoms with Gasteiger partial charge in [-0.1, -0.05) is 30.3 Å². The maximum Gasteiger partial charge on any atom is 0.335 e. The second-order valence-electron chi connectivity index (χ2n) is 4.54. The van der Waals surface area contributed by atoms with Crippen LogP contribution in [0.25, 0.3) is 0 Å². The molecular formula is C16H15NO4. The van der Waals surface area contributed by atoms with Crippen LogP contribution in [0.2, 0.25) is 0 Å². The molecule has 5 heteroatoms. The summed E-state index contributed by atoms with van der Waals surface area (Å²) in [6.07, 6.45) is 0.111. The van der Waals surface area contributed by atoms with Crippen molar-refractivity contribution in [2.24, 2.45) is 0 Å². The summed E-state index contributed by atoms with van der Waals surface area (Å²) in [5, 5.41) is 8.79. The Morgan fingerprint density at radius 3 is 2.33 bits per heavy atom. The van der Waals surface area contributed by atoms with E-state index in [0.29, 0.717) is 5.69 Å². The number of esters is 1. The third-order valence-electron chi connectivity index (χ3n) is 2.99. The molecule has 0 heterocycles. The number of carboxylic acids is 1. The Morgan fingerprint density at radius 2 is 1.71 bits per heavy atom. The number of ether oxygens (including phenoxy) is 1. The van der Waals surface area contributed by atoms with Crippen molar-refractivity contribution < 1.29 is 19.4 Å². The normalized spacial score (nSPS) is 10.1. The second-order valence-corrected chi connectivity index (χ2v) is 4.54. The van der Waals surface area contributed by atoms with Gasteiger partial charge in [0.1, 0.15) is 6.61 Å². The summed E-state index contributed by atoms with van der Waals surface area (Å²) in [5.74, 6) is -1.37. The lowest BCUT2D eigenvalue weighted by Gasteiger charge is -2.07. The van der Waals surface area contributed by atoms with Crippen LogP contribution in [-0.2, 0) is 22.6 Å². The maximum atomic E-state index is 11.7. The third-order valence-corrected chi connectivity index (χ3v) is 2.99. The molecule has 0 aliphatic heterocycles. The molecule has 0 radical (unpaired) electrons. The first-order valence-corrected chi connectivity index (χ1v) is 6.37. The Balaban J connectivity index is 1.89. The predicted molar refractivity (Wildman–Crippen MR) is 77.8 cm³/mol. The van der Waals surface area contributed by atoms with Crippen molar-refractivity contribution in [3.63, 3.8) is 0 Å². The highest BCUT2D eigenvalue weighted by molar-refractivity contribution is 5.87. The lowest BCUT2D eigenvalue weighted by molar-refractivity contribution is -0.144. The quantitative estimate of drug-likeness (QED) is 0.649. The van der Waals surface area contributed by atoms with E-state index in [1.807, 2.05) is 6.07 Å². The highest BCUT2D eigenvalue weighted by atomic mass is 16.5. The average molecular weight is 285 g/mol. The number of anilines is 1. The zero-order chi connectivity index (χ0) is 15.2. The summed E-state index contributed by atoms with van der Waals surface area (Å²) in [7, 11) is 0. The fourth-order valence-corrected chi connectivity index (χ4v) is 1.81. The summed E-state index contributed by atoms with van der Waals surface area (Å²) >= 11 is 0. The van der Waals surface area contributed by atoms with E-state index in [4.69, 9.17) is 15.6 Å². The smallest absolute Gasteiger partial charge is 0.335 e. The fraction of sp³-hybridized carbons (Fsp3) is 0.125. The highest BCUT2D eigenvalue weighted by Gasteiger charge is 2.08. The molecule has 0 aliphatic rings. The summed E-state index contributed by atoms with van der Waals surface area (Å²) in [4.78, 5) is 22.5. The summed E-state index contributed by atoms with van der Waals surface area (Å²) in [6, 6.07) is 13.3. The molecule has 0 amide bonds. The lowest BCUT2D eigenvalue weighted by atomic mass is 10.1. The molecule has 2 aromatic rings. The van der Waals surface area contributed by atoms with Gasteiger partial charge >= 0.3 is 11.9 Å². The molecule has 5 nitrogen and oxygen atoms in total. The van der Waals surface area contributed by atoms with Gasteiger partial charge in [-0.15, -0.1) is 0 Å². The minimum Gasteiger partial charge on any atom is -0.478 e. The predicted octanol–water partition coefficient (Wildman–Crippen LogP) is 2.25. The monoisotopic (exact) mass is 285 g/mol. The molecule has 0 aromatic heterocycles. The first-order chi connectivity index (χ1) is 10.1. The molecule has 0 unspecified atom stereocenters. The number of nitrogens with two attached hydrogens (primary N) is 1. The number of carbonyl (C=O) groups excluding carboxylic acids is 1. The van der Waals surface area contributed by atoms with Crippen molar-refractivity contribution in [3.05, 3.63) is 65.2 Å². The number of aromatic carboxylic acids is 1. The Bertz CT molecular complexity index is 650. The number of para-hydroxylation sites is 1. The molecule has 3 N–H and O–H groups in total. The Kier molecular flexibility index (Phi) is 4.56. The van der Waals surface area contributed by atoms with Crippen molar-refractivity contribution in [1.29, 1.82) is 0 Å². The number of rotatable bonds is 5. The molecule has 0 bridgehead atoms. The second kappa shape index (κ2) is 6.56. The number of hydrogen-bond donors (Lipinski definition) is 2. The van der Waals surface area contributed by atoms with Crippen LogP contribution < -0.4 is 5.73 Å². The molecular weight excluding hydrogens is 270 g/mol. The van der Waals surface area contributed by atoms with E-state index in [2.05, 4.69) is 0 Å². The van der Waals surface area contributed by atoms with Crippen molar-refractivity contribution >= 4 is 17.6 Å². The Morgan fingerprint density at radius 1 is 1.05 bits per heavy atom. The SMILES string of the molecule is Nc1ccccc1CC(=O)OCc1ccc(C(=O)O)cc1. The minimum atomic E-state index is -0.988. The van der Waals surface area contributed by atoms with Crippen LogP contribution in [0.1, 0.15) is 21.5 Å². The van der Waals surface area contributed by atoms with E-state index < -0.39 is 5.97 Å². The van der Waals surface area contributed by atoms with E-state index in [1.165, 1.54) is 12.1 Å². The summed E-state index contributed by atoms with van der Waals surface area (Å²) in [6.45, 7) is 0.103. The number of nitrogen functional groups attached to an aromatic ring is 1. The van der Waals surface area contributed by atoms with Crippen LogP contribution in [0.3, 0.4) is 0 Å². The lowest BCUT2D eigenvalue weighted by Crippen LogP contribution is -2.09. The number of hydrogen-bond acceptors (Lipinski definition) is 4. The number of carbonyl (C=O) groups is 2. The molecule has 0 saturated carbocycles. The van der Waals surface area contributed by atoms with Gasteiger partial charge in [-0.3, -0.25) is 4.79 Å². The van der Waals surface area contributed by atoms with Crippen molar-refractivity contribution in [2.45, 2.75) is 13.0 Å². The fourth-order valence-electron chi connectivity index (χ4n) is 1.81. The van der Waals surface area contributed by atoms with Gasteiger partial charge < -0.3 is 15.6 Å². The van der Waals surface area contributed by atoms with Gasteiger partial charge in [0.05, 0.1) is 12.0 Å². The van der Waals surface area contributed by atoms with Gasteiger partial charge in [0.2, 0.25) is 0 Å². The Labute approximate surface area is 122 Å². The summed E-state index contributed by atoms with van der Waals surface area (Å²) < 4.78 is 5.15. The molecule has 0 atom stereocenters. The molecule has 108 valence electrons. The van der Waals surface area contributed by atoms with Crippen LogP contribution in [-0.4, -0.2) is 17.0 Å². The highest BCUT2D eigenvalue weighted by Crippen LogP contribution is 2.12. The van der Waals surface area contributed by atoms with E-state index in [9.17, 15) is 9.59 Å². The molecule has 21 heavy (non-hydrogen) atoms. The molecule has 0 aliphatic carbocycles. The Hall–Kier alpha value is -2.82. The van der Waals surface area contributed by atoms with E-state index in [1.54, 1.807) is 30.3 Å². The largest absolute Gasteiger partial charge is 0.478 e. The van der Waals surface area contributed by atoms with E-state index >= 15 is 0 Å². The minimum absolute atomic E-state index is 0.103. The van der Waals surface area contributed by atoms with Crippen LogP contribution >= 0.6 is 0 Å². The van der Waals surface area contributed by atoms with Gasteiger partial charge in [-0.2, -0.15) is 0 Å². The molecule has 0 spiro atoms. The van der Waals surface area contributed by atoms with Crippen molar-refractivity contribution in [1.82, 2.24) is 0 Å². The van der Waals surface area contributed by atoms with Crippen LogP contribution in [0.4, 0.5) is 5.69 Å². The van der Waals surface area contributed by atoms with Crippen LogP contribution in [0, 0.1) is 0 Å². The zero-order valence-electron chi connectivity index (χ0n) is 11.3. The van der Waals surface area contributed by atoms with Gasteiger partial charge in [-0.05, 0) is 29.3 Å². The van der Waals surface area contributed by atoms with Crippen LogP contribution in [0.5, 0.6) is 0 Å². The van der Waals surface area contributed by atoms with Crippen molar-refractivity contribution in [3.8, 4) is 0 Å². The molecule has 2 aromatic carbocycles. The van der Waals surface area contributed by atoms with Gasteiger partial charge in [-0.25, -0.2) is 4.79 Å². The van der Waals surface area contributed by atoms with Gasteiger partial charge in [0.25, 0.3) is 0 Å². The average Bonchev–Trinajstić information content (AvgIpc) is 2.48. The molecule has 0 saturated heterocycles. The first-order valence-electron chi connectivity index (χ1n) is 6.37. The topological polar surface area (TPSA) is 89.6 Å². The van der Waals surface area contributed by atoms with E-state index in [-0.39, 0.29) is 24.6 Å². The molecule has 2 rings (SSSR count). The molecule has 0 fully saturated rings. The number of benzene rings is 2. The third kappa shape index (κ3) is 4.07. The summed E-state index contributed by atoms with van der Waals surface area (Å²) in [5.41, 5.74) is 7.97. The number of carboxylic acid groups (broad SMARTS) is 1. The van der Waals surface area contributed by atoms with Crippen LogP contribution in [0.15, 0.2) is 48.5 Å². The van der Waals surface area contributed by atoms with Gasteiger partial charge in [0, 0.05) is 5.69 Å². The standard InChI is InChI=1S/C16H15NO4/c17-14-4-2-1-3-13(14)9-15(18)21-10-11-5-7-12(8-6-11)16(19)20/h1-8H,9-10,17H2,(H,19,20). The van der Waals surface area contributed by atoms with Crippen molar-refractivity contribution in [2.75, 3.05) is 5.73 Å². The van der Waals surface area contributed by atoms with E-state index in [0.717, 1.165) is 11.1 Å². The zero-order valence-corrected chi connectivity index (χ0v) is 11.3.